The predicted molar refractivity (Wildman–Crippen MR) is 74.2 cm³/mol. The lowest BCUT2D eigenvalue weighted by Crippen LogP contribution is -1.96. The Morgan fingerprint density at radius 3 is 2.06 bits per heavy atom. The zero-order valence-electron chi connectivity index (χ0n) is 11.1. The Kier molecular flexibility index (Phi) is 6.24. The highest BCUT2D eigenvalue weighted by molar-refractivity contribution is 5.63. The van der Waals surface area contributed by atoms with Crippen molar-refractivity contribution in [2.45, 2.75) is 34.6 Å². The van der Waals surface area contributed by atoms with Crippen LogP contribution in [0.1, 0.15) is 37.5 Å². The Morgan fingerprint density at radius 1 is 1.19 bits per heavy atom. The second-order valence-electron chi connectivity index (χ2n) is 4.25. The predicted octanol–water partition coefficient (Wildman–Crippen LogP) is 4.21. The molecule has 0 radical (unpaired) electrons. The number of hydrogen-bond donors (Lipinski definition) is 1. The van der Waals surface area contributed by atoms with Crippen molar-refractivity contribution in [2.75, 3.05) is 0 Å². The van der Waals surface area contributed by atoms with Crippen molar-refractivity contribution in [3.63, 3.8) is 0 Å². The van der Waals surface area contributed by atoms with E-state index in [9.17, 15) is 0 Å². The van der Waals surface area contributed by atoms with Gasteiger partial charge in [-0.1, -0.05) is 23.8 Å². The molecule has 0 spiro atoms. The fraction of sp³-hybridized carbons (Fsp3) is 0.333. The molecule has 1 aromatic rings. The highest BCUT2D eigenvalue weighted by Gasteiger charge is 1.97. The fourth-order valence-electron chi connectivity index (χ4n) is 1.09. The molecule has 0 amide bonds. The number of aryl methyl sites for hydroxylation is 2. The standard InChI is InChI=1S/C11H15N.C4H8/c1-4-11(12)10-6-5-8(2)9(3)7-10;1-4(2)3/h4-7H,12H2,1-3H3;1H2,2-3H3/b11-4-;. The molecule has 2 N–H and O–H groups in total. The zero-order chi connectivity index (χ0) is 12.7. The maximum Gasteiger partial charge on any atom is 0.0344 e. The molecule has 0 heterocycles. The van der Waals surface area contributed by atoms with Crippen molar-refractivity contribution in [1.29, 1.82) is 0 Å². The van der Waals surface area contributed by atoms with Gasteiger partial charge in [-0.15, -0.1) is 6.58 Å². The lowest BCUT2D eigenvalue weighted by atomic mass is 10.0. The number of benzene rings is 1. The van der Waals surface area contributed by atoms with Crippen molar-refractivity contribution >= 4 is 5.70 Å². The van der Waals surface area contributed by atoms with E-state index < -0.39 is 0 Å². The number of rotatable bonds is 1. The Bertz CT molecular complexity index is 382. The summed E-state index contributed by atoms with van der Waals surface area (Å²) in [6.07, 6.45) is 1.92. The van der Waals surface area contributed by atoms with E-state index in [4.69, 9.17) is 5.73 Å². The second-order valence-corrected chi connectivity index (χ2v) is 4.25. The first-order valence-electron chi connectivity index (χ1n) is 5.50. The Labute approximate surface area is 99.7 Å². The molecule has 0 aliphatic carbocycles. The van der Waals surface area contributed by atoms with E-state index in [0.29, 0.717) is 0 Å². The van der Waals surface area contributed by atoms with E-state index in [-0.39, 0.29) is 0 Å². The minimum atomic E-state index is 0.845. The largest absolute Gasteiger partial charge is 0.399 e. The van der Waals surface area contributed by atoms with Crippen molar-refractivity contribution in [3.8, 4) is 0 Å². The van der Waals surface area contributed by atoms with E-state index in [1.165, 1.54) is 16.7 Å². The van der Waals surface area contributed by atoms with E-state index in [2.05, 4.69) is 38.6 Å². The van der Waals surface area contributed by atoms with Gasteiger partial charge in [0.05, 0.1) is 0 Å². The molecule has 0 atom stereocenters. The van der Waals surface area contributed by atoms with E-state index in [1.807, 2.05) is 26.8 Å². The number of nitrogens with two attached hydrogens (primary N) is 1. The average Bonchev–Trinajstić information content (AvgIpc) is 2.20. The zero-order valence-corrected chi connectivity index (χ0v) is 11.1. The maximum atomic E-state index is 5.77. The Morgan fingerprint density at radius 2 is 1.69 bits per heavy atom. The van der Waals surface area contributed by atoms with Crippen molar-refractivity contribution in [2.24, 2.45) is 5.73 Å². The van der Waals surface area contributed by atoms with Crippen LogP contribution in [0.15, 0.2) is 36.4 Å². The molecule has 16 heavy (non-hydrogen) atoms. The molecule has 1 heteroatoms. The molecule has 88 valence electrons. The van der Waals surface area contributed by atoms with Gasteiger partial charge in [0.15, 0.2) is 0 Å². The summed E-state index contributed by atoms with van der Waals surface area (Å²) in [6, 6.07) is 6.27. The van der Waals surface area contributed by atoms with Gasteiger partial charge in [-0.05, 0) is 57.4 Å². The molecule has 0 aromatic heterocycles. The third-order valence-electron chi connectivity index (χ3n) is 2.15. The molecule has 1 rings (SSSR count). The van der Waals surface area contributed by atoms with Crippen LogP contribution in [0.5, 0.6) is 0 Å². The molecular formula is C15H23N. The van der Waals surface area contributed by atoms with Gasteiger partial charge in [-0.2, -0.15) is 0 Å². The van der Waals surface area contributed by atoms with Crippen LogP contribution in [0.4, 0.5) is 0 Å². The molecular weight excluding hydrogens is 194 g/mol. The topological polar surface area (TPSA) is 26.0 Å². The van der Waals surface area contributed by atoms with Gasteiger partial charge in [0.25, 0.3) is 0 Å². The lowest BCUT2D eigenvalue weighted by Gasteiger charge is -2.04. The first-order chi connectivity index (χ1) is 7.38. The van der Waals surface area contributed by atoms with Gasteiger partial charge in [0.2, 0.25) is 0 Å². The fourth-order valence-corrected chi connectivity index (χ4v) is 1.09. The molecule has 0 saturated carbocycles. The Hall–Kier alpha value is -1.50. The van der Waals surface area contributed by atoms with Crippen molar-refractivity contribution < 1.29 is 0 Å². The van der Waals surface area contributed by atoms with Crippen LogP contribution >= 0.6 is 0 Å². The molecule has 0 aliphatic heterocycles. The summed E-state index contributed by atoms with van der Waals surface area (Å²) in [5.41, 5.74) is 11.5. The van der Waals surface area contributed by atoms with Crippen LogP contribution in [0.25, 0.3) is 5.70 Å². The quantitative estimate of drug-likeness (QED) is 0.701. The van der Waals surface area contributed by atoms with Gasteiger partial charge in [0.1, 0.15) is 0 Å². The summed E-state index contributed by atoms with van der Waals surface area (Å²) in [7, 11) is 0. The normalized spacial score (nSPS) is 10.4. The van der Waals surface area contributed by atoms with Gasteiger partial charge < -0.3 is 5.73 Å². The lowest BCUT2D eigenvalue weighted by molar-refractivity contribution is 1.32. The summed E-state index contributed by atoms with van der Waals surface area (Å²) >= 11 is 0. The van der Waals surface area contributed by atoms with Crippen LogP contribution in [0.2, 0.25) is 0 Å². The minimum Gasteiger partial charge on any atom is -0.399 e. The van der Waals surface area contributed by atoms with Crippen LogP contribution in [0.3, 0.4) is 0 Å². The van der Waals surface area contributed by atoms with Gasteiger partial charge in [-0.25, -0.2) is 0 Å². The molecule has 0 unspecified atom stereocenters. The maximum absolute atomic E-state index is 5.77. The second kappa shape index (κ2) is 6.89. The first-order valence-corrected chi connectivity index (χ1v) is 5.50. The summed E-state index contributed by atoms with van der Waals surface area (Å²) in [4.78, 5) is 0. The minimum absolute atomic E-state index is 0.845. The van der Waals surface area contributed by atoms with Crippen LogP contribution in [0, 0.1) is 13.8 Å². The summed E-state index contributed by atoms with van der Waals surface area (Å²) in [6.45, 7) is 13.7. The highest BCUT2D eigenvalue weighted by atomic mass is 14.6. The molecule has 1 aromatic carbocycles. The number of hydrogen-bond acceptors (Lipinski definition) is 1. The van der Waals surface area contributed by atoms with Crippen LogP contribution in [-0.2, 0) is 0 Å². The molecule has 1 nitrogen and oxygen atoms in total. The molecule has 0 saturated heterocycles. The van der Waals surface area contributed by atoms with E-state index in [1.54, 1.807) is 0 Å². The molecule has 0 fully saturated rings. The van der Waals surface area contributed by atoms with Crippen LogP contribution < -0.4 is 5.73 Å². The third kappa shape index (κ3) is 5.40. The van der Waals surface area contributed by atoms with Crippen molar-refractivity contribution in [3.05, 3.63) is 53.1 Å². The van der Waals surface area contributed by atoms with Gasteiger partial charge in [0, 0.05) is 5.70 Å². The monoisotopic (exact) mass is 217 g/mol. The smallest absolute Gasteiger partial charge is 0.0344 e. The highest BCUT2D eigenvalue weighted by Crippen LogP contribution is 2.14. The van der Waals surface area contributed by atoms with Crippen LogP contribution in [-0.4, -0.2) is 0 Å². The molecule has 0 aliphatic rings. The summed E-state index contributed by atoms with van der Waals surface area (Å²) in [5.74, 6) is 0. The van der Waals surface area contributed by atoms with Crippen molar-refractivity contribution in [1.82, 2.24) is 0 Å². The SMILES string of the molecule is C/C=C(\N)c1ccc(C)c(C)c1.C=C(C)C. The molecule has 0 bridgehead atoms. The van der Waals surface area contributed by atoms with Gasteiger partial charge >= 0.3 is 0 Å². The number of allylic oxidation sites excluding steroid dienone is 2. The van der Waals surface area contributed by atoms with E-state index >= 15 is 0 Å². The summed E-state index contributed by atoms with van der Waals surface area (Å²) < 4.78 is 0. The summed E-state index contributed by atoms with van der Waals surface area (Å²) in [5, 5.41) is 0. The van der Waals surface area contributed by atoms with E-state index in [0.717, 1.165) is 11.3 Å². The first kappa shape index (κ1) is 14.5. The Balaban J connectivity index is 0.000000487. The third-order valence-corrected chi connectivity index (χ3v) is 2.15. The van der Waals surface area contributed by atoms with Gasteiger partial charge in [-0.3, -0.25) is 0 Å². The average molecular weight is 217 g/mol.